The predicted molar refractivity (Wildman–Crippen MR) is 80.5 cm³/mol. The number of aryl methyl sites for hydroxylation is 1. The molecule has 1 fully saturated rings. The molecule has 2 aromatic heterocycles. The summed E-state index contributed by atoms with van der Waals surface area (Å²) in [6.45, 7) is 6.01. The van der Waals surface area contributed by atoms with Crippen LogP contribution in [0.1, 0.15) is 5.56 Å². The molecule has 3 heterocycles. The fourth-order valence-electron chi connectivity index (χ4n) is 2.78. The highest BCUT2D eigenvalue weighted by molar-refractivity contribution is 5.82. The van der Waals surface area contributed by atoms with Gasteiger partial charge in [-0.15, -0.1) is 5.10 Å². The molecule has 7 nitrogen and oxygen atoms in total. The summed E-state index contributed by atoms with van der Waals surface area (Å²) in [5.41, 5.74) is 3.79. The number of piperazine rings is 1. The minimum atomic E-state index is 0.734. The van der Waals surface area contributed by atoms with Gasteiger partial charge in [-0.25, -0.2) is 4.98 Å². The van der Waals surface area contributed by atoms with E-state index in [2.05, 4.69) is 51.4 Å². The van der Waals surface area contributed by atoms with Crippen LogP contribution in [-0.2, 0) is 0 Å². The van der Waals surface area contributed by atoms with Gasteiger partial charge in [-0.2, -0.15) is 4.52 Å². The third-order valence-corrected chi connectivity index (χ3v) is 4.06. The number of tetrazole rings is 1. The number of aromatic nitrogens is 5. The molecule has 0 bridgehead atoms. The van der Waals surface area contributed by atoms with E-state index < -0.39 is 0 Å². The molecule has 1 aliphatic rings. The molecule has 0 spiro atoms. The Morgan fingerprint density at radius 2 is 1.90 bits per heavy atom. The van der Waals surface area contributed by atoms with Gasteiger partial charge in [0.1, 0.15) is 0 Å². The number of benzene rings is 1. The fourth-order valence-corrected chi connectivity index (χ4v) is 2.78. The molecule has 0 amide bonds. The van der Waals surface area contributed by atoms with E-state index >= 15 is 0 Å². The summed E-state index contributed by atoms with van der Waals surface area (Å²) < 4.78 is 1.79. The van der Waals surface area contributed by atoms with Crippen LogP contribution in [0.4, 0.5) is 5.82 Å². The summed E-state index contributed by atoms with van der Waals surface area (Å²) in [5, 5.41) is 12.2. The largest absolute Gasteiger partial charge is 0.351 e. The van der Waals surface area contributed by atoms with Gasteiger partial charge >= 0.3 is 0 Å². The first-order chi connectivity index (χ1) is 10.2. The maximum absolute atomic E-state index is 4.81. The molecule has 7 heteroatoms. The van der Waals surface area contributed by atoms with Gasteiger partial charge < -0.3 is 9.80 Å². The van der Waals surface area contributed by atoms with Crippen LogP contribution in [-0.4, -0.2) is 63.2 Å². The molecule has 0 saturated carbocycles. The van der Waals surface area contributed by atoms with Gasteiger partial charge in [0.25, 0.3) is 0 Å². The lowest BCUT2D eigenvalue weighted by atomic mass is 10.2. The van der Waals surface area contributed by atoms with Crippen LogP contribution in [0.15, 0.2) is 18.2 Å². The van der Waals surface area contributed by atoms with E-state index in [9.17, 15) is 0 Å². The Balaban J connectivity index is 1.91. The van der Waals surface area contributed by atoms with Gasteiger partial charge in [-0.05, 0) is 42.1 Å². The number of nitrogens with zero attached hydrogens (tertiary/aromatic N) is 7. The minimum Gasteiger partial charge on any atom is -0.351 e. The maximum Gasteiger partial charge on any atom is 0.222 e. The van der Waals surface area contributed by atoms with Gasteiger partial charge in [0, 0.05) is 26.2 Å². The predicted octanol–water partition coefficient (Wildman–Crippen LogP) is 0.733. The van der Waals surface area contributed by atoms with Crippen LogP contribution in [0, 0.1) is 6.92 Å². The van der Waals surface area contributed by atoms with Gasteiger partial charge in [-0.1, -0.05) is 6.07 Å². The van der Waals surface area contributed by atoms with Crippen molar-refractivity contribution in [3.63, 3.8) is 0 Å². The summed E-state index contributed by atoms with van der Waals surface area (Å²) in [7, 11) is 2.14. The molecule has 1 aliphatic heterocycles. The fraction of sp³-hybridized carbons (Fsp3) is 0.429. The highest BCUT2D eigenvalue weighted by atomic mass is 15.5. The second-order valence-corrected chi connectivity index (χ2v) is 5.63. The van der Waals surface area contributed by atoms with Crippen molar-refractivity contribution in [2.24, 2.45) is 0 Å². The summed E-state index contributed by atoms with van der Waals surface area (Å²) in [6, 6.07) is 6.17. The molecule has 0 unspecified atom stereocenters. The first kappa shape index (κ1) is 12.5. The second kappa shape index (κ2) is 4.63. The lowest BCUT2D eigenvalue weighted by molar-refractivity contribution is 0.312. The van der Waals surface area contributed by atoms with Crippen LogP contribution >= 0.6 is 0 Å². The Bertz CT molecular complexity index is 802. The molecule has 3 aromatic rings. The van der Waals surface area contributed by atoms with Crippen molar-refractivity contribution in [2.45, 2.75) is 6.92 Å². The topological polar surface area (TPSA) is 62.5 Å². The first-order valence-corrected chi connectivity index (χ1v) is 7.14. The van der Waals surface area contributed by atoms with Gasteiger partial charge in [0.05, 0.1) is 11.0 Å². The highest BCUT2D eigenvalue weighted by Crippen LogP contribution is 2.23. The smallest absolute Gasteiger partial charge is 0.222 e. The monoisotopic (exact) mass is 283 g/mol. The van der Waals surface area contributed by atoms with Crippen LogP contribution in [0.3, 0.4) is 0 Å². The molecule has 21 heavy (non-hydrogen) atoms. The van der Waals surface area contributed by atoms with Gasteiger partial charge in [-0.3, -0.25) is 0 Å². The van der Waals surface area contributed by atoms with Crippen molar-refractivity contribution < 1.29 is 0 Å². The standard InChI is InChI=1S/C14H17N7/c1-10-3-4-11-12(9-10)21-14(16-17-18-21)13(15-11)20-7-5-19(2)6-8-20/h3-4,9H,5-8H2,1-2H3. The lowest BCUT2D eigenvalue weighted by Crippen LogP contribution is -2.45. The lowest BCUT2D eigenvalue weighted by Gasteiger charge is -2.33. The molecular formula is C14H17N7. The Morgan fingerprint density at radius 3 is 2.71 bits per heavy atom. The number of hydrogen-bond acceptors (Lipinski definition) is 6. The normalized spacial score (nSPS) is 17.0. The van der Waals surface area contributed by atoms with Crippen LogP contribution < -0.4 is 4.90 Å². The molecule has 0 aliphatic carbocycles. The Hall–Kier alpha value is -2.28. The number of anilines is 1. The first-order valence-electron chi connectivity index (χ1n) is 7.14. The third-order valence-electron chi connectivity index (χ3n) is 4.06. The minimum absolute atomic E-state index is 0.734. The number of fused-ring (bicyclic) bond motifs is 3. The Kier molecular flexibility index (Phi) is 2.75. The van der Waals surface area contributed by atoms with Crippen molar-refractivity contribution in [3.05, 3.63) is 23.8 Å². The average molecular weight is 283 g/mol. The van der Waals surface area contributed by atoms with Crippen molar-refractivity contribution in [2.75, 3.05) is 38.1 Å². The average Bonchev–Trinajstić information content (AvgIpc) is 2.97. The molecule has 4 rings (SSSR count). The zero-order valence-corrected chi connectivity index (χ0v) is 12.2. The zero-order chi connectivity index (χ0) is 14.4. The second-order valence-electron chi connectivity index (χ2n) is 5.63. The van der Waals surface area contributed by atoms with Gasteiger partial charge in [0.15, 0.2) is 5.82 Å². The SMILES string of the molecule is Cc1ccc2nc(N3CCN(C)CC3)c3nnnn3c2c1. The molecule has 0 atom stereocenters. The molecule has 0 N–H and O–H groups in total. The third kappa shape index (κ3) is 2.01. The van der Waals surface area contributed by atoms with Crippen LogP contribution in [0.25, 0.3) is 16.7 Å². The van der Waals surface area contributed by atoms with E-state index in [0.717, 1.165) is 48.7 Å². The summed E-state index contributed by atoms with van der Waals surface area (Å²) >= 11 is 0. The number of rotatable bonds is 1. The van der Waals surface area contributed by atoms with E-state index in [1.165, 1.54) is 5.56 Å². The van der Waals surface area contributed by atoms with E-state index in [1.54, 1.807) is 4.52 Å². The molecule has 1 saturated heterocycles. The highest BCUT2D eigenvalue weighted by Gasteiger charge is 2.21. The summed E-state index contributed by atoms with van der Waals surface area (Å²) in [6.07, 6.45) is 0. The molecule has 108 valence electrons. The summed E-state index contributed by atoms with van der Waals surface area (Å²) in [5.74, 6) is 0.879. The zero-order valence-electron chi connectivity index (χ0n) is 12.2. The van der Waals surface area contributed by atoms with E-state index in [-0.39, 0.29) is 0 Å². The van der Waals surface area contributed by atoms with E-state index in [4.69, 9.17) is 4.98 Å². The Labute approximate surface area is 122 Å². The quantitative estimate of drug-likeness (QED) is 0.656. The Morgan fingerprint density at radius 1 is 1.10 bits per heavy atom. The van der Waals surface area contributed by atoms with Crippen molar-refractivity contribution in [1.29, 1.82) is 0 Å². The van der Waals surface area contributed by atoms with E-state index in [0.29, 0.717) is 0 Å². The van der Waals surface area contributed by atoms with Crippen molar-refractivity contribution >= 4 is 22.5 Å². The van der Waals surface area contributed by atoms with Crippen LogP contribution in [0.5, 0.6) is 0 Å². The maximum atomic E-state index is 4.81. The number of hydrogen-bond donors (Lipinski definition) is 0. The number of likely N-dealkylation sites (N-methyl/N-ethyl adjacent to an activating group) is 1. The summed E-state index contributed by atoms with van der Waals surface area (Å²) in [4.78, 5) is 9.40. The molecule has 0 radical (unpaired) electrons. The van der Waals surface area contributed by atoms with E-state index in [1.807, 2.05) is 6.07 Å². The van der Waals surface area contributed by atoms with Crippen molar-refractivity contribution in [3.8, 4) is 0 Å². The van der Waals surface area contributed by atoms with Crippen LogP contribution in [0.2, 0.25) is 0 Å². The molecular weight excluding hydrogens is 266 g/mol. The van der Waals surface area contributed by atoms with Gasteiger partial charge in [0.2, 0.25) is 5.65 Å². The van der Waals surface area contributed by atoms with Crippen molar-refractivity contribution in [1.82, 2.24) is 29.9 Å². The molecule has 1 aromatic carbocycles.